The van der Waals surface area contributed by atoms with Crippen molar-refractivity contribution in [2.24, 2.45) is 0 Å². The first-order valence-corrected chi connectivity index (χ1v) is 12.7. The number of ether oxygens (including phenoxy) is 1. The Labute approximate surface area is 223 Å². The lowest BCUT2D eigenvalue weighted by Gasteiger charge is -2.12. The molecule has 0 saturated carbocycles. The zero-order valence-electron chi connectivity index (χ0n) is 21.3. The van der Waals surface area contributed by atoms with E-state index in [1.807, 2.05) is 24.3 Å². The lowest BCUT2D eigenvalue weighted by atomic mass is 9.97. The summed E-state index contributed by atoms with van der Waals surface area (Å²) in [6.45, 7) is 1.95. The number of rotatable bonds is 11. The monoisotopic (exact) mass is 542 g/mol. The molecule has 0 aliphatic carbocycles. The van der Waals surface area contributed by atoms with Gasteiger partial charge in [-0.2, -0.15) is 13.2 Å². The van der Waals surface area contributed by atoms with Crippen molar-refractivity contribution >= 4 is 10.8 Å². The minimum atomic E-state index is -4.72. The van der Waals surface area contributed by atoms with Gasteiger partial charge in [0.1, 0.15) is 5.82 Å². The summed E-state index contributed by atoms with van der Waals surface area (Å²) in [4.78, 5) is 0. The van der Waals surface area contributed by atoms with Gasteiger partial charge in [-0.05, 0) is 83.9 Å². The Morgan fingerprint density at radius 3 is 1.90 bits per heavy atom. The van der Waals surface area contributed by atoms with Gasteiger partial charge in [-0.1, -0.05) is 60.7 Å². The van der Waals surface area contributed by atoms with Crippen molar-refractivity contribution in [3.8, 4) is 5.75 Å². The lowest BCUT2D eigenvalue weighted by molar-refractivity contribution is -0.154. The summed E-state index contributed by atoms with van der Waals surface area (Å²) in [6.07, 6.45) is 1.04. The third kappa shape index (κ3) is 7.65. The number of allylic oxidation sites excluding steroid dienone is 1. The lowest BCUT2D eigenvalue weighted by Crippen LogP contribution is -2.20. The molecule has 0 aliphatic rings. The average molecular weight is 543 g/mol. The number of fused-ring (bicyclic) bond motifs is 1. The normalized spacial score (nSPS) is 11.6. The van der Waals surface area contributed by atoms with Crippen molar-refractivity contribution < 1.29 is 31.1 Å². The van der Waals surface area contributed by atoms with Crippen molar-refractivity contribution in [1.29, 1.82) is 0 Å². The van der Waals surface area contributed by atoms with Crippen molar-refractivity contribution in [2.75, 3.05) is 6.61 Å². The SMILES string of the molecule is C=CCCc1ccc(CCc2ccc3c(F)c(CCc4cc(F)c(OCC(F)(F)F)c(F)c4)ccc3c2)cc1. The number of hydrogen-bond donors (Lipinski definition) is 0. The minimum absolute atomic E-state index is 0.0975. The molecule has 0 fully saturated rings. The number of aryl methyl sites for hydroxylation is 5. The highest BCUT2D eigenvalue weighted by Gasteiger charge is 2.30. The molecule has 4 rings (SSSR count). The largest absolute Gasteiger partial charge is 0.478 e. The summed E-state index contributed by atoms with van der Waals surface area (Å²) >= 11 is 0. The maximum Gasteiger partial charge on any atom is 0.422 e. The Morgan fingerprint density at radius 2 is 1.26 bits per heavy atom. The van der Waals surface area contributed by atoms with E-state index in [-0.39, 0.29) is 18.4 Å². The molecule has 7 heteroatoms. The van der Waals surface area contributed by atoms with Crippen LogP contribution in [0.15, 0.2) is 79.4 Å². The number of benzene rings is 4. The van der Waals surface area contributed by atoms with Crippen LogP contribution in [-0.4, -0.2) is 12.8 Å². The molecule has 0 N–H and O–H groups in total. The van der Waals surface area contributed by atoms with E-state index >= 15 is 4.39 Å². The average Bonchev–Trinajstić information content (AvgIpc) is 2.90. The van der Waals surface area contributed by atoms with Gasteiger partial charge in [-0.25, -0.2) is 13.2 Å². The molecule has 0 bridgehead atoms. The van der Waals surface area contributed by atoms with Crippen LogP contribution < -0.4 is 4.74 Å². The molecule has 4 aromatic rings. The Kier molecular flexibility index (Phi) is 9.00. The second-order valence-electron chi connectivity index (χ2n) is 9.53. The van der Waals surface area contributed by atoms with Crippen molar-refractivity contribution in [3.63, 3.8) is 0 Å². The minimum Gasteiger partial charge on any atom is -0.478 e. The fourth-order valence-corrected chi connectivity index (χ4v) is 4.49. The highest BCUT2D eigenvalue weighted by atomic mass is 19.4. The summed E-state index contributed by atoms with van der Waals surface area (Å²) in [5.41, 5.74) is 4.16. The first-order chi connectivity index (χ1) is 18.6. The molecule has 39 heavy (non-hydrogen) atoms. The van der Waals surface area contributed by atoms with E-state index in [4.69, 9.17) is 0 Å². The quantitative estimate of drug-likeness (QED) is 0.136. The highest BCUT2D eigenvalue weighted by molar-refractivity contribution is 5.84. The van der Waals surface area contributed by atoms with Crippen LogP contribution >= 0.6 is 0 Å². The molecule has 0 atom stereocenters. The molecule has 0 unspecified atom stereocenters. The van der Waals surface area contributed by atoms with E-state index in [0.717, 1.165) is 48.8 Å². The summed E-state index contributed by atoms with van der Waals surface area (Å²) < 4.78 is 84.7. The molecule has 0 aromatic heterocycles. The van der Waals surface area contributed by atoms with Crippen LogP contribution in [0.3, 0.4) is 0 Å². The molecule has 204 valence electrons. The van der Waals surface area contributed by atoms with Crippen LogP contribution in [0, 0.1) is 17.5 Å². The van der Waals surface area contributed by atoms with Gasteiger partial charge in [0.15, 0.2) is 24.0 Å². The summed E-state index contributed by atoms with van der Waals surface area (Å²) in [7, 11) is 0. The van der Waals surface area contributed by atoms with Crippen LogP contribution in [0.2, 0.25) is 0 Å². The molecule has 0 aliphatic heterocycles. The van der Waals surface area contributed by atoms with E-state index in [9.17, 15) is 22.0 Å². The van der Waals surface area contributed by atoms with Crippen LogP contribution in [0.25, 0.3) is 10.8 Å². The van der Waals surface area contributed by atoms with Crippen LogP contribution in [0.1, 0.15) is 34.2 Å². The number of alkyl halides is 3. The predicted molar refractivity (Wildman–Crippen MR) is 142 cm³/mol. The second-order valence-corrected chi connectivity index (χ2v) is 9.53. The zero-order chi connectivity index (χ0) is 28.0. The summed E-state index contributed by atoms with van der Waals surface area (Å²) in [5, 5.41) is 1.22. The van der Waals surface area contributed by atoms with Crippen molar-refractivity contribution in [3.05, 3.63) is 125 Å². The topological polar surface area (TPSA) is 9.23 Å². The molecule has 0 heterocycles. The molecule has 4 aromatic carbocycles. The highest BCUT2D eigenvalue weighted by Crippen LogP contribution is 2.28. The third-order valence-corrected chi connectivity index (χ3v) is 6.58. The molecular formula is C32H28F6O. The maximum atomic E-state index is 15.2. The summed E-state index contributed by atoms with van der Waals surface area (Å²) in [6, 6.07) is 19.4. The molecule has 0 saturated heterocycles. The van der Waals surface area contributed by atoms with Crippen LogP contribution in [0.5, 0.6) is 5.75 Å². The Bertz CT molecular complexity index is 1420. The zero-order valence-corrected chi connectivity index (χ0v) is 21.3. The fourth-order valence-electron chi connectivity index (χ4n) is 4.49. The van der Waals surface area contributed by atoms with Crippen molar-refractivity contribution in [2.45, 2.75) is 44.7 Å². The fraction of sp³-hybridized carbons (Fsp3) is 0.250. The number of halogens is 6. The van der Waals surface area contributed by atoms with Crippen LogP contribution in [0.4, 0.5) is 26.3 Å². The predicted octanol–water partition coefficient (Wildman–Crippen LogP) is 8.89. The van der Waals surface area contributed by atoms with E-state index in [1.54, 1.807) is 12.1 Å². The molecular weight excluding hydrogens is 514 g/mol. The Hall–Kier alpha value is -3.74. The van der Waals surface area contributed by atoms with E-state index in [0.29, 0.717) is 10.9 Å². The Morgan fingerprint density at radius 1 is 0.667 bits per heavy atom. The molecule has 0 spiro atoms. The number of hydrogen-bond acceptors (Lipinski definition) is 1. The molecule has 0 amide bonds. The van der Waals surface area contributed by atoms with E-state index < -0.39 is 36.0 Å². The van der Waals surface area contributed by atoms with Crippen molar-refractivity contribution in [1.82, 2.24) is 0 Å². The Balaban J connectivity index is 1.39. The smallest absolute Gasteiger partial charge is 0.422 e. The van der Waals surface area contributed by atoms with Gasteiger partial charge in [-0.3, -0.25) is 0 Å². The van der Waals surface area contributed by atoms with Gasteiger partial charge >= 0.3 is 6.18 Å². The van der Waals surface area contributed by atoms with Crippen LogP contribution in [-0.2, 0) is 32.1 Å². The van der Waals surface area contributed by atoms with Gasteiger partial charge in [0.25, 0.3) is 0 Å². The molecule has 0 radical (unpaired) electrons. The third-order valence-electron chi connectivity index (χ3n) is 6.58. The maximum absolute atomic E-state index is 15.2. The summed E-state index contributed by atoms with van der Waals surface area (Å²) in [5.74, 6) is -3.95. The second kappa shape index (κ2) is 12.4. The standard InChI is InChI=1S/C32H28F6O/c1-2-3-4-21-5-7-22(8-6-21)9-10-23-12-16-27-26(17-23)15-14-25(30(27)35)13-11-24-18-28(33)31(29(34)19-24)39-20-32(36,37)38/h2,5-8,12,14-19H,1,3-4,9-11,13,20H2. The van der Waals surface area contributed by atoms with Gasteiger partial charge in [0, 0.05) is 5.39 Å². The first kappa shape index (κ1) is 28.3. The van der Waals surface area contributed by atoms with Gasteiger partial charge in [0.05, 0.1) is 0 Å². The van der Waals surface area contributed by atoms with Gasteiger partial charge < -0.3 is 4.74 Å². The van der Waals surface area contributed by atoms with E-state index in [2.05, 4.69) is 35.6 Å². The van der Waals surface area contributed by atoms with Gasteiger partial charge in [0.2, 0.25) is 0 Å². The molecule has 1 nitrogen and oxygen atoms in total. The first-order valence-electron chi connectivity index (χ1n) is 12.7. The van der Waals surface area contributed by atoms with Gasteiger partial charge in [-0.15, -0.1) is 6.58 Å². The van der Waals surface area contributed by atoms with E-state index in [1.165, 1.54) is 11.1 Å².